The largest absolute Gasteiger partial charge is 0.457 e. The molecule has 0 fully saturated rings. The summed E-state index contributed by atoms with van der Waals surface area (Å²) >= 11 is 0. The van der Waals surface area contributed by atoms with Crippen molar-refractivity contribution in [3.05, 3.63) is 53.6 Å². The number of Topliss-reactive ketones (excluding diaryl/α,β-unsaturated/α-hetero) is 1. The Morgan fingerprint density at radius 3 is 1.68 bits per heavy atom. The summed E-state index contributed by atoms with van der Waals surface area (Å²) in [6, 6.07) is 10.8. The van der Waals surface area contributed by atoms with E-state index in [9.17, 15) is 19.2 Å². The summed E-state index contributed by atoms with van der Waals surface area (Å²) in [5, 5.41) is 2.49. The standard InChI is InChI=1S/C17H13NO5.4C2H6/c1-11(21)18-16-8-14(6-7-15(16)17(22)10-20)23-13-4-2-12(9-19)3-5-13;4*1-2/h2-10H,1H3,(H,18,21);4*1-2H3. The molecule has 6 nitrogen and oxygen atoms in total. The molecule has 6 heteroatoms. The Morgan fingerprint density at radius 1 is 0.774 bits per heavy atom. The first-order chi connectivity index (χ1) is 15.0. The third-order valence-corrected chi connectivity index (χ3v) is 2.93. The molecule has 0 radical (unpaired) electrons. The monoisotopic (exact) mass is 431 g/mol. The summed E-state index contributed by atoms with van der Waals surface area (Å²) in [7, 11) is 0. The molecule has 172 valence electrons. The van der Waals surface area contributed by atoms with E-state index in [2.05, 4.69) is 5.32 Å². The molecular formula is C25H37NO5. The Balaban J connectivity index is -0.000000879. The third kappa shape index (κ3) is 12.8. The molecule has 1 N–H and O–H groups in total. The number of nitrogens with one attached hydrogen (secondary N) is 1. The summed E-state index contributed by atoms with van der Waals surface area (Å²) in [6.07, 6.45) is 0.901. The Kier molecular flexibility index (Phi) is 22.4. The molecule has 0 aliphatic rings. The number of ether oxygens (including phenoxy) is 1. The maximum absolute atomic E-state index is 11.6. The van der Waals surface area contributed by atoms with Crippen molar-refractivity contribution in [2.75, 3.05) is 5.32 Å². The maximum atomic E-state index is 11.6. The van der Waals surface area contributed by atoms with Crippen LogP contribution in [0.1, 0.15) is 83.0 Å². The zero-order valence-electron chi connectivity index (χ0n) is 20.2. The van der Waals surface area contributed by atoms with Gasteiger partial charge in [-0.3, -0.25) is 19.2 Å². The van der Waals surface area contributed by atoms with E-state index < -0.39 is 5.78 Å². The lowest BCUT2D eigenvalue weighted by Gasteiger charge is -2.11. The number of amides is 1. The molecule has 0 spiro atoms. The number of benzene rings is 2. The van der Waals surface area contributed by atoms with E-state index >= 15 is 0 Å². The molecule has 0 unspecified atom stereocenters. The lowest BCUT2D eigenvalue weighted by Crippen LogP contribution is -2.11. The Labute approximate surface area is 187 Å². The van der Waals surface area contributed by atoms with Gasteiger partial charge in [0.25, 0.3) is 0 Å². The summed E-state index contributed by atoms with van der Waals surface area (Å²) < 4.78 is 5.60. The number of aldehydes is 2. The Hall–Kier alpha value is -3.28. The Bertz CT molecular complexity index is 768. The first kappa shape index (κ1) is 32.4. The maximum Gasteiger partial charge on any atom is 0.227 e. The van der Waals surface area contributed by atoms with Gasteiger partial charge in [-0.1, -0.05) is 55.4 Å². The lowest BCUT2D eigenvalue weighted by atomic mass is 10.1. The van der Waals surface area contributed by atoms with Crippen LogP contribution in [0.4, 0.5) is 5.69 Å². The summed E-state index contributed by atoms with van der Waals surface area (Å²) in [4.78, 5) is 44.1. The van der Waals surface area contributed by atoms with E-state index in [4.69, 9.17) is 4.74 Å². The van der Waals surface area contributed by atoms with Gasteiger partial charge in [0.15, 0.2) is 6.29 Å². The van der Waals surface area contributed by atoms with Gasteiger partial charge < -0.3 is 10.1 Å². The van der Waals surface area contributed by atoms with Gasteiger partial charge in [0.05, 0.1) is 5.69 Å². The van der Waals surface area contributed by atoms with Gasteiger partial charge in [0, 0.05) is 24.1 Å². The van der Waals surface area contributed by atoms with Gasteiger partial charge in [-0.15, -0.1) is 0 Å². The highest BCUT2D eigenvalue weighted by molar-refractivity contribution is 6.35. The summed E-state index contributed by atoms with van der Waals surface area (Å²) in [5.41, 5.74) is 0.790. The van der Waals surface area contributed by atoms with Crippen LogP contribution < -0.4 is 10.1 Å². The summed E-state index contributed by atoms with van der Waals surface area (Å²) in [5.74, 6) is -0.262. The van der Waals surface area contributed by atoms with Crippen LogP contribution in [-0.4, -0.2) is 24.3 Å². The van der Waals surface area contributed by atoms with Gasteiger partial charge >= 0.3 is 0 Å². The number of ketones is 1. The number of hydrogen-bond acceptors (Lipinski definition) is 5. The quantitative estimate of drug-likeness (QED) is 0.311. The number of carbonyl (C=O) groups is 4. The van der Waals surface area contributed by atoms with Crippen molar-refractivity contribution in [3.63, 3.8) is 0 Å². The van der Waals surface area contributed by atoms with Gasteiger partial charge in [-0.05, 0) is 36.4 Å². The van der Waals surface area contributed by atoms with Crippen molar-refractivity contribution >= 4 is 30.0 Å². The van der Waals surface area contributed by atoms with Gasteiger partial charge in [0.2, 0.25) is 11.7 Å². The smallest absolute Gasteiger partial charge is 0.227 e. The predicted molar refractivity (Wildman–Crippen MR) is 128 cm³/mol. The fourth-order valence-corrected chi connectivity index (χ4v) is 1.91. The molecule has 0 saturated heterocycles. The molecule has 0 heterocycles. The van der Waals surface area contributed by atoms with Crippen molar-refractivity contribution in [1.82, 2.24) is 0 Å². The minimum absolute atomic E-state index is 0.0823. The average molecular weight is 432 g/mol. The highest BCUT2D eigenvalue weighted by Gasteiger charge is 2.13. The summed E-state index contributed by atoms with van der Waals surface area (Å²) in [6.45, 7) is 17.3. The van der Waals surface area contributed by atoms with Crippen molar-refractivity contribution in [2.45, 2.75) is 62.3 Å². The fraction of sp³-hybridized carbons (Fsp3) is 0.360. The number of carbonyl (C=O) groups excluding carboxylic acids is 4. The zero-order valence-corrected chi connectivity index (χ0v) is 20.2. The number of rotatable bonds is 6. The molecule has 2 aromatic rings. The minimum Gasteiger partial charge on any atom is -0.457 e. The molecule has 2 rings (SSSR count). The van der Waals surface area contributed by atoms with Crippen LogP contribution in [0.3, 0.4) is 0 Å². The van der Waals surface area contributed by atoms with Crippen molar-refractivity contribution < 1.29 is 23.9 Å². The third-order valence-electron chi connectivity index (χ3n) is 2.93. The molecule has 2 aromatic carbocycles. The molecule has 0 atom stereocenters. The second kappa shape index (κ2) is 21.4. The normalized spacial score (nSPS) is 8.03. The van der Waals surface area contributed by atoms with Crippen molar-refractivity contribution in [2.24, 2.45) is 0 Å². The van der Waals surface area contributed by atoms with Crippen molar-refractivity contribution in [3.8, 4) is 11.5 Å². The van der Waals surface area contributed by atoms with E-state index in [1.165, 1.54) is 25.1 Å². The zero-order chi connectivity index (χ0) is 24.8. The predicted octanol–water partition coefficient (Wildman–Crippen LogP) is 6.74. The second-order valence-electron chi connectivity index (χ2n) is 4.66. The molecule has 31 heavy (non-hydrogen) atoms. The molecular weight excluding hydrogens is 394 g/mol. The Morgan fingerprint density at radius 2 is 1.26 bits per heavy atom. The average Bonchev–Trinajstić information content (AvgIpc) is 2.84. The van der Waals surface area contributed by atoms with Gasteiger partial charge in [-0.25, -0.2) is 0 Å². The first-order valence-corrected chi connectivity index (χ1v) is 10.7. The van der Waals surface area contributed by atoms with Crippen LogP contribution in [-0.2, 0) is 9.59 Å². The molecule has 0 aliphatic carbocycles. The highest BCUT2D eigenvalue weighted by Crippen LogP contribution is 2.27. The van der Waals surface area contributed by atoms with Crippen LogP contribution in [0.15, 0.2) is 42.5 Å². The first-order valence-electron chi connectivity index (χ1n) is 10.7. The molecule has 0 bridgehead atoms. The molecule has 0 saturated carbocycles. The van der Waals surface area contributed by atoms with Crippen LogP contribution >= 0.6 is 0 Å². The van der Waals surface area contributed by atoms with Crippen LogP contribution in [0, 0.1) is 0 Å². The topological polar surface area (TPSA) is 89.5 Å². The van der Waals surface area contributed by atoms with E-state index in [-0.39, 0.29) is 23.4 Å². The number of anilines is 1. The van der Waals surface area contributed by atoms with Crippen LogP contribution in [0.5, 0.6) is 11.5 Å². The molecule has 0 aromatic heterocycles. The highest BCUT2D eigenvalue weighted by atomic mass is 16.5. The molecule has 1 amide bonds. The second-order valence-corrected chi connectivity index (χ2v) is 4.66. The lowest BCUT2D eigenvalue weighted by molar-refractivity contribution is -0.114. The number of hydrogen-bond donors (Lipinski definition) is 1. The SMILES string of the molecule is CC.CC.CC.CC.CC(=O)Nc1cc(Oc2ccc(C=O)cc2)ccc1C(=O)C=O. The minimum atomic E-state index is -0.740. The van der Waals surface area contributed by atoms with E-state index in [1.807, 2.05) is 55.4 Å². The van der Waals surface area contributed by atoms with Crippen LogP contribution in [0.25, 0.3) is 0 Å². The van der Waals surface area contributed by atoms with Crippen LogP contribution in [0.2, 0.25) is 0 Å². The van der Waals surface area contributed by atoms with E-state index in [0.717, 1.165) is 6.29 Å². The van der Waals surface area contributed by atoms with E-state index in [0.29, 0.717) is 17.1 Å². The van der Waals surface area contributed by atoms with Gasteiger partial charge in [-0.2, -0.15) is 0 Å². The van der Waals surface area contributed by atoms with Gasteiger partial charge in [0.1, 0.15) is 17.8 Å². The molecule has 0 aliphatic heterocycles. The van der Waals surface area contributed by atoms with E-state index in [1.54, 1.807) is 24.3 Å². The van der Waals surface area contributed by atoms with Crippen molar-refractivity contribution in [1.29, 1.82) is 0 Å². The fourth-order valence-electron chi connectivity index (χ4n) is 1.91.